The number of aromatic nitrogens is 4. The second-order valence-corrected chi connectivity index (χ2v) is 11.3. The maximum absolute atomic E-state index is 11.8. The Kier molecular flexibility index (Phi) is 6.59. The number of nitrogen functional groups attached to an aromatic ring is 1. The van der Waals surface area contributed by atoms with Gasteiger partial charge in [-0.25, -0.2) is 15.0 Å². The van der Waals surface area contributed by atoms with Gasteiger partial charge in [0.05, 0.1) is 17.3 Å². The molecule has 0 bridgehead atoms. The number of pyridine rings is 2. The average molecular weight is 559 g/mol. The van der Waals surface area contributed by atoms with Crippen molar-refractivity contribution in [3.05, 3.63) is 84.1 Å². The van der Waals surface area contributed by atoms with Crippen molar-refractivity contribution in [2.24, 2.45) is 0 Å². The number of rotatable bonds is 5. The zero-order valence-corrected chi connectivity index (χ0v) is 23.9. The number of benzene rings is 2. The molecule has 9 nitrogen and oxygen atoms in total. The average Bonchev–Trinajstić information content (AvgIpc) is 3.58. The van der Waals surface area contributed by atoms with Gasteiger partial charge >= 0.3 is 0 Å². The number of likely N-dealkylation sites (N-methyl/N-ethyl adjacent to an activating group) is 1. The van der Waals surface area contributed by atoms with E-state index in [-0.39, 0.29) is 11.9 Å². The molecule has 0 radical (unpaired) electrons. The van der Waals surface area contributed by atoms with Crippen molar-refractivity contribution >= 4 is 28.6 Å². The largest absolute Gasteiger partial charge is 0.383 e. The normalized spacial score (nSPS) is 17.0. The first kappa shape index (κ1) is 26.2. The van der Waals surface area contributed by atoms with Crippen molar-refractivity contribution in [1.82, 2.24) is 29.7 Å². The highest BCUT2D eigenvalue weighted by Crippen LogP contribution is 2.36. The van der Waals surface area contributed by atoms with Crippen LogP contribution in [0.1, 0.15) is 30.5 Å². The number of fused-ring (bicyclic) bond motifs is 2. The molecule has 4 heterocycles. The van der Waals surface area contributed by atoms with Gasteiger partial charge in [0.25, 0.3) is 0 Å². The molecule has 1 fully saturated rings. The topological polar surface area (TPSA) is 105 Å². The first-order chi connectivity index (χ1) is 20.4. The van der Waals surface area contributed by atoms with Crippen molar-refractivity contribution in [3.63, 3.8) is 0 Å². The predicted molar refractivity (Wildman–Crippen MR) is 167 cm³/mol. The fourth-order valence-electron chi connectivity index (χ4n) is 6.21. The standard InChI is InChI=1S/C33H34N8O/c1-21(42)36-29-11-8-22-19-25(9-10-26(22)29)41-32(27-7-4-14-35-31(27)34)38-30-13-12-28(37-33(30)41)23-5-3-6-24(20-23)40-17-15-39(2)16-18-40/h3-7,9-10,12-14,19-20,29H,8,11,15-18H2,1-2H3,(H2,34,35)(H,36,42)/t29-/m0/s1. The van der Waals surface area contributed by atoms with Gasteiger partial charge in [-0.15, -0.1) is 0 Å². The summed E-state index contributed by atoms with van der Waals surface area (Å²) in [4.78, 5) is 31.1. The Hall–Kier alpha value is -4.76. The Morgan fingerprint density at radius 2 is 1.81 bits per heavy atom. The Morgan fingerprint density at radius 1 is 0.952 bits per heavy atom. The summed E-state index contributed by atoms with van der Waals surface area (Å²) in [5.74, 6) is 1.10. The molecule has 5 aromatic rings. The Bertz CT molecular complexity index is 1800. The highest BCUT2D eigenvalue weighted by atomic mass is 16.1. The van der Waals surface area contributed by atoms with Crippen LogP contribution in [-0.4, -0.2) is 63.6 Å². The number of carbonyl (C=O) groups excluding carboxylic acids is 1. The fraction of sp³-hybridized carbons (Fsp3) is 0.273. The third-order valence-electron chi connectivity index (χ3n) is 8.43. The number of piperazine rings is 1. The van der Waals surface area contributed by atoms with E-state index in [1.54, 1.807) is 13.1 Å². The Morgan fingerprint density at radius 3 is 2.62 bits per heavy atom. The fourth-order valence-corrected chi connectivity index (χ4v) is 6.21. The molecular formula is C33H34N8O. The molecule has 1 saturated heterocycles. The molecule has 212 valence electrons. The number of amides is 1. The lowest BCUT2D eigenvalue weighted by atomic mass is 10.1. The third kappa shape index (κ3) is 4.75. The van der Waals surface area contributed by atoms with Crippen LogP contribution in [-0.2, 0) is 11.2 Å². The summed E-state index contributed by atoms with van der Waals surface area (Å²) in [6.45, 7) is 5.70. The molecule has 3 N–H and O–H groups in total. The van der Waals surface area contributed by atoms with Crippen LogP contribution in [0.5, 0.6) is 0 Å². The summed E-state index contributed by atoms with van der Waals surface area (Å²) >= 11 is 0. The molecule has 9 heteroatoms. The molecular weight excluding hydrogens is 524 g/mol. The maximum Gasteiger partial charge on any atom is 0.217 e. The quantitative estimate of drug-likeness (QED) is 0.325. The smallest absolute Gasteiger partial charge is 0.217 e. The van der Waals surface area contributed by atoms with Gasteiger partial charge in [0, 0.05) is 56.2 Å². The molecule has 1 aliphatic heterocycles. The zero-order chi connectivity index (χ0) is 28.8. The minimum atomic E-state index is -0.0136. The lowest BCUT2D eigenvalue weighted by Crippen LogP contribution is -2.44. The van der Waals surface area contributed by atoms with Crippen molar-refractivity contribution in [2.75, 3.05) is 43.9 Å². The number of nitrogens with one attached hydrogen (secondary N) is 1. The predicted octanol–water partition coefficient (Wildman–Crippen LogP) is 4.61. The van der Waals surface area contributed by atoms with E-state index >= 15 is 0 Å². The number of hydrogen-bond donors (Lipinski definition) is 2. The van der Waals surface area contributed by atoms with Gasteiger partial charge in [-0.2, -0.15) is 0 Å². The van der Waals surface area contributed by atoms with Crippen molar-refractivity contribution in [3.8, 4) is 28.3 Å². The first-order valence-corrected chi connectivity index (χ1v) is 14.5. The van der Waals surface area contributed by atoms with Gasteiger partial charge in [0.15, 0.2) is 11.5 Å². The number of aryl methyl sites for hydroxylation is 1. The van der Waals surface area contributed by atoms with Crippen molar-refractivity contribution in [1.29, 1.82) is 0 Å². The van der Waals surface area contributed by atoms with Crippen LogP contribution >= 0.6 is 0 Å². The Balaban J connectivity index is 1.35. The van der Waals surface area contributed by atoms with E-state index in [1.165, 1.54) is 11.3 Å². The van der Waals surface area contributed by atoms with Gasteiger partial charge in [0.2, 0.25) is 5.91 Å². The van der Waals surface area contributed by atoms with Crippen molar-refractivity contribution < 1.29 is 4.79 Å². The number of carbonyl (C=O) groups is 1. The maximum atomic E-state index is 11.8. The summed E-state index contributed by atoms with van der Waals surface area (Å²) < 4.78 is 2.09. The van der Waals surface area contributed by atoms with E-state index in [1.807, 2.05) is 24.3 Å². The minimum absolute atomic E-state index is 0.0136. The molecule has 7 rings (SSSR count). The molecule has 2 aliphatic rings. The molecule has 2 aromatic carbocycles. The second-order valence-electron chi connectivity index (χ2n) is 11.3. The SMILES string of the molecule is CC(=O)N[C@H]1CCc2cc(-n3c(-c4cccnc4N)nc4ccc(-c5cccc(N6CCN(C)CC6)c5)nc43)ccc21. The summed E-state index contributed by atoms with van der Waals surface area (Å²) in [5.41, 5.74) is 15.2. The highest BCUT2D eigenvalue weighted by molar-refractivity contribution is 5.85. The van der Waals surface area contributed by atoms with Crippen LogP contribution in [0.25, 0.3) is 39.5 Å². The summed E-state index contributed by atoms with van der Waals surface area (Å²) in [6.07, 6.45) is 3.47. The highest BCUT2D eigenvalue weighted by Gasteiger charge is 2.25. The number of anilines is 2. The van der Waals surface area contributed by atoms with Crippen LogP contribution < -0.4 is 16.0 Å². The van der Waals surface area contributed by atoms with Crippen LogP contribution in [0.2, 0.25) is 0 Å². The first-order valence-electron chi connectivity index (χ1n) is 14.5. The van der Waals surface area contributed by atoms with Crippen LogP contribution in [0.3, 0.4) is 0 Å². The molecule has 0 unspecified atom stereocenters. The van der Waals surface area contributed by atoms with Crippen LogP contribution in [0, 0.1) is 0 Å². The van der Waals surface area contributed by atoms with Gasteiger partial charge in [0.1, 0.15) is 11.3 Å². The van der Waals surface area contributed by atoms with Crippen LogP contribution in [0.4, 0.5) is 11.5 Å². The van der Waals surface area contributed by atoms with Gasteiger partial charge in [-0.3, -0.25) is 9.36 Å². The monoisotopic (exact) mass is 558 g/mol. The minimum Gasteiger partial charge on any atom is -0.383 e. The lowest BCUT2D eigenvalue weighted by molar-refractivity contribution is -0.119. The molecule has 3 aromatic heterocycles. The molecule has 1 amide bonds. The van der Waals surface area contributed by atoms with E-state index in [4.69, 9.17) is 15.7 Å². The van der Waals surface area contributed by atoms with E-state index in [9.17, 15) is 4.79 Å². The van der Waals surface area contributed by atoms with E-state index in [0.29, 0.717) is 11.6 Å². The molecule has 1 aliphatic carbocycles. The molecule has 0 spiro atoms. The molecule has 1 atom stereocenters. The van der Waals surface area contributed by atoms with Crippen molar-refractivity contribution in [2.45, 2.75) is 25.8 Å². The number of nitrogens with zero attached hydrogens (tertiary/aromatic N) is 6. The van der Waals surface area contributed by atoms with Gasteiger partial charge < -0.3 is 20.9 Å². The van der Waals surface area contributed by atoms with Gasteiger partial charge in [-0.05, 0) is 79.5 Å². The summed E-state index contributed by atoms with van der Waals surface area (Å²) in [6, 6.07) is 23.0. The lowest BCUT2D eigenvalue weighted by Gasteiger charge is -2.34. The molecule has 0 saturated carbocycles. The number of imidazole rings is 1. The van der Waals surface area contributed by atoms with E-state index < -0.39 is 0 Å². The van der Waals surface area contributed by atoms with Gasteiger partial charge in [-0.1, -0.05) is 18.2 Å². The zero-order valence-electron chi connectivity index (χ0n) is 23.9. The Labute approximate surface area is 245 Å². The van der Waals surface area contributed by atoms with Crippen LogP contribution in [0.15, 0.2) is 72.9 Å². The van der Waals surface area contributed by atoms with E-state index in [0.717, 1.165) is 78.3 Å². The number of nitrogens with two attached hydrogens (primary N) is 1. The summed E-state index contributed by atoms with van der Waals surface area (Å²) in [5, 5.41) is 3.08. The molecule has 42 heavy (non-hydrogen) atoms. The third-order valence-corrected chi connectivity index (χ3v) is 8.43. The second kappa shape index (κ2) is 10.6. The summed E-state index contributed by atoms with van der Waals surface area (Å²) in [7, 11) is 2.17. The van der Waals surface area contributed by atoms with E-state index in [2.05, 4.69) is 74.2 Å². The number of hydrogen-bond acceptors (Lipinski definition) is 7.